The molecule has 0 radical (unpaired) electrons. The van der Waals surface area contributed by atoms with Crippen LogP contribution in [0.5, 0.6) is 0 Å². The highest BCUT2D eigenvalue weighted by Crippen LogP contribution is 2.24. The van der Waals surface area contributed by atoms with E-state index < -0.39 is 0 Å². The Balaban J connectivity index is 0.995. The first-order chi connectivity index (χ1) is 23.4. The minimum absolute atomic E-state index is 0.921. The van der Waals surface area contributed by atoms with Crippen molar-refractivity contribution in [1.29, 1.82) is 0 Å². The van der Waals surface area contributed by atoms with Crippen molar-refractivity contribution in [3.63, 3.8) is 0 Å². The van der Waals surface area contributed by atoms with Gasteiger partial charge in [-0.3, -0.25) is 0 Å². The maximum absolute atomic E-state index is 3.98. The third-order valence-corrected chi connectivity index (χ3v) is 10.4. The molecule has 5 aromatic rings. The zero-order valence-electron chi connectivity index (χ0n) is 28.5. The summed E-state index contributed by atoms with van der Waals surface area (Å²) in [6.45, 7) is 5.89. The Morgan fingerprint density at radius 2 is 1.21 bits per heavy atom. The van der Waals surface area contributed by atoms with Crippen molar-refractivity contribution >= 4 is 79.0 Å². The van der Waals surface area contributed by atoms with Crippen molar-refractivity contribution in [3.05, 3.63) is 144 Å². The fourth-order valence-electron chi connectivity index (χ4n) is 5.17. The molecule has 5 rings (SSSR count). The standard InChI is InChI=1S/C42H45N4S2/c1-6-33(7-9-35-11-13-39-31-41(44(2)3)17-15-37(39)29-35)19-22-43-23-27-47-48-28-26-46-24-20-34(21-25-46)8-10-36-12-14-40-32-42(45(4)5)18-16-38(40)30-36/h6-22,24-25,29-32H,1,23,26-28H2,2-5H3/q+1/p+1/b9-7+,33-19+,43-22?. The number of benzene rings is 4. The molecule has 0 unspecified atom stereocenters. The predicted octanol–water partition coefficient (Wildman–Crippen LogP) is 7.94. The molecule has 1 aromatic heterocycles. The Kier molecular flexibility index (Phi) is 12.7. The molecule has 1 heterocycles. The molecule has 1 N–H and O–H groups in total. The van der Waals surface area contributed by atoms with Gasteiger partial charge in [-0.2, -0.15) is 0 Å². The zero-order chi connectivity index (χ0) is 33.7. The Labute approximate surface area is 294 Å². The lowest BCUT2D eigenvalue weighted by Gasteiger charge is -2.13. The lowest BCUT2D eigenvalue weighted by atomic mass is 10.0. The predicted molar refractivity (Wildman–Crippen MR) is 216 cm³/mol. The number of hydrogen-bond acceptors (Lipinski definition) is 4. The van der Waals surface area contributed by atoms with Crippen LogP contribution in [0.1, 0.15) is 16.7 Å². The summed E-state index contributed by atoms with van der Waals surface area (Å²) in [5.74, 6) is 2.11. The van der Waals surface area contributed by atoms with Crippen molar-refractivity contribution in [2.45, 2.75) is 6.54 Å². The van der Waals surface area contributed by atoms with Gasteiger partial charge in [0.25, 0.3) is 0 Å². The highest BCUT2D eigenvalue weighted by molar-refractivity contribution is 8.76. The first-order valence-electron chi connectivity index (χ1n) is 16.3. The smallest absolute Gasteiger partial charge is 0.169 e. The maximum Gasteiger partial charge on any atom is 0.169 e. The second kappa shape index (κ2) is 17.6. The summed E-state index contributed by atoms with van der Waals surface area (Å²) in [4.78, 5) is 7.67. The van der Waals surface area contributed by atoms with E-state index >= 15 is 0 Å². The number of nitrogens with zero attached hydrogens (tertiary/aromatic N) is 3. The van der Waals surface area contributed by atoms with Crippen LogP contribution in [-0.2, 0) is 6.54 Å². The molecule has 48 heavy (non-hydrogen) atoms. The minimum Gasteiger partial charge on any atom is -0.378 e. The average Bonchev–Trinajstić information content (AvgIpc) is 3.11. The highest BCUT2D eigenvalue weighted by Gasteiger charge is 2.03. The topological polar surface area (TPSA) is 24.3 Å². The van der Waals surface area contributed by atoms with Crippen LogP contribution in [0, 0.1) is 0 Å². The summed E-state index contributed by atoms with van der Waals surface area (Å²) in [5.41, 5.74) is 7.09. The largest absolute Gasteiger partial charge is 0.378 e. The van der Waals surface area contributed by atoms with E-state index in [9.17, 15) is 0 Å². The number of anilines is 2. The first kappa shape index (κ1) is 34.8. The quantitative estimate of drug-likeness (QED) is 0.0402. The Bertz CT molecular complexity index is 1950. The van der Waals surface area contributed by atoms with Gasteiger partial charge in [-0.25, -0.2) is 9.56 Å². The van der Waals surface area contributed by atoms with Crippen LogP contribution in [0.3, 0.4) is 0 Å². The number of rotatable bonds is 15. The summed E-state index contributed by atoms with van der Waals surface area (Å²) in [7, 11) is 12.1. The van der Waals surface area contributed by atoms with Gasteiger partial charge in [0.2, 0.25) is 0 Å². The normalized spacial score (nSPS) is 12.2. The van der Waals surface area contributed by atoms with E-state index in [1.165, 1.54) is 49.6 Å². The van der Waals surface area contributed by atoms with E-state index in [2.05, 4.69) is 182 Å². The van der Waals surface area contributed by atoms with Crippen molar-refractivity contribution in [1.82, 2.24) is 0 Å². The average molecular weight is 671 g/mol. The van der Waals surface area contributed by atoms with Crippen LogP contribution in [0.4, 0.5) is 11.4 Å². The number of nitrogens with one attached hydrogen (secondary N) is 1. The van der Waals surface area contributed by atoms with E-state index in [1.807, 2.05) is 33.9 Å². The number of allylic oxidation sites excluding steroid dienone is 4. The minimum atomic E-state index is 0.921. The van der Waals surface area contributed by atoms with Gasteiger partial charge in [-0.1, -0.05) is 94.9 Å². The molecule has 4 nitrogen and oxygen atoms in total. The van der Waals surface area contributed by atoms with Gasteiger partial charge in [0.15, 0.2) is 31.7 Å². The van der Waals surface area contributed by atoms with Gasteiger partial charge in [0, 0.05) is 57.8 Å². The molecule has 0 atom stereocenters. The fraction of sp³-hybridized carbons (Fsp3) is 0.190. The molecule has 0 saturated carbocycles. The summed E-state index contributed by atoms with van der Waals surface area (Å²) < 4.78 is 2.25. The molecule has 0 amide bonds. The van der Waals surface area contributed by atoms with Gasteiger partial charge in [-0.15, -0.1) is 0 Å². The fourth-order valence-corrected chi connectivity index (χ4v) is 7.08. The van der Waals surface area contributed by atoms with Crippen LogP contribution in [0.2, 0.25) is 0 Å². The maximum atomic E-state index is 3.98. The Hall–Kier alpha value is -4.52. The molecule has 0 bridgehead atoms. The van der Waals surface area contributed by atoms with E-state index in [-0.39, 0.29) is 0 Å². The van der Waals surface area contributed by atoms with E-state index in [0.717, 1.165) is 30.2 Å². The molecule has 6 heteroatoms. The summed E-state index contributed by atoms with van der Waals surface area (Å²) in [6, 6.07) is 30.7. The zero-order valence-corrected chi connectivity index (χ0v) is 30.1. The molecule has 0 aliphatic rings. The molecule has 0 fully saturated rings. The molecular formula is C42H46N4S2+2. The molecule has 0 saturated heterocycles. The van der Waals surface area contributed by atoms with Crippen LogP contribution < -0.4 is 19.4 Å². The lowest BCUT2D eigenvalue weighted by molar-refractivity contribution is -0.692. The molecule has 4 aromatic carbocycles. The third kappa shape index (κ3) is 10.2. The third-order valence-electron chi connectivity index (χ3n) is 8.06. The molecule has 0 spiro atoms. The van der Waals surface area contributed by atoms with E-state index in [4.69, 9.17) is 0 Å². The van der Waals surface area contributed by atoms with Gasteiger partial charge in [-0.05, 0) is 80.2 Å². The number of hydrogen-bond donors (Lipinski definition) is 1. The number of fused-ring (bicyclic) bond motifs is 2. The Morgan fingerprint density at radius 1 is 0.667 bits per heavy atom. The van der Waals surface area contributed by atoms with E-state index in [1.54, 1.807) is 0 Å². The summed E-state index contributed by atoms with van der Waals surface area (Å²) in [5, 5.41) is 5.02. The monoisotopic (exact) mass is 670 g/mol. The van der Waals surface area contributed by atoms with Gasteiger partial charge in [0.05, 0.1) is 11.5 Å². The van der Waals surface area contributed by atoms with Crippen molar-refractivity contribution in [2.24, 2.45) is 0 Å². The SMILES string of the molecule is C=CC(/C=C/c1ccc2cc(N(C)C)ccc2c1)=C\C=[NH+]CCSSCC[n+]1ccc(/C=C/c2ccc3cc(N(C)C)ccc3c2)cc1. The van der Waals surface area contributed by atoms with Crippen LogP contribution in [0.15, 0.2) is 128 Å². The lowest BCUT2D eigenvalue weighted by Crippen LogP contribution is -2.69. The van der Waals surface area contributed by atoms with Crippen LogP contribution in [-0.4, -0.2) is 52.5 Å². The van der Waals surface area contributed by atoms with Crippen LogP contribution in [0.25, 0.3) is 39.8 Å². The molecule has 244 valence electrons. The molecular weight excluding hydrogens is 625 g/mol. The van der Waals surface area contributed by atoms with Crippen LogP contribution >= 0.6 is 21.6 Å². The Morgan fingerprint density at radius 3 is 1.81 bits per heavy atom. The summed E-state index contributed by atoms with van der Waals surface area (Å²) in [6.07, 6.45) is 18.9. The van der Waals surface area contributed by atoms with Gasteiger partial charge >= 0.3 is 0 Å². The second-order valence-electron chi connectivity index (χ2n) is 12.0. The van der Waals surface area contributed by atoms with Crippen molar-refractivity contribution in [2.75, 3.05) is 56.0 Å². The molecule has 0 aliphatic heterocycles. The second-order valence-corrected chi connectivity index (χ2v) is 14.7. The van der Waals surface area contributed by atoms with Gasteiger partial charge in [0.1, 0.15) is 0 Å². The number of aryl methyl sites for hydroxylation is 1. The summed E-state index contributed by atoms with van der Waals surface area (Å²) >= 11 is 0. The number of pyridine rings is 1. The van der Waals surface area contributed by atoms with Crippen molar-refractivity contribution in [3.8, 4) is 0 Å². The van der Waals surface area contributed by atoms with Gasteiger partial charge < -0.3 is 9.80 Å². The molecule has 0 aliphatic carbocycles. The highest BCUT2D eigenvalue weighted by atomic mass is 33.1. The van der Waals surface area contributed by atoms with E-state index in [0.29, 0.717) is 0 Å². The number of aromatic nitrogens is 1. The first-order valence-corrected chi connectivity index (χ1v) is 18.8. The van der Waals surface area contributed by atoms with Crippen molar-refractivity contribution < 1.29 is 9.56 Å².